The molecule has 2 aromatic carbocycles. The van der Waals surface area contributed by atoms with Crippen LogP contribution in [0.2, 0.25) is 0 Å². The lowest BCUT2D eigenvalue weighted by atomic mass is 10.0. The van der Waals surface area contributed by atoms with Crippen LogP contribution in [0.3, 0.4) is 0 Å². The summed E-state index contributed by atoms with van der Waals surface area (Å²) in [6, 6.07) is 14.2. The molecule has 0 amide bonds. The zero-order valence-corrected chi connectivity index (χ0v) is 15.0. The molecule has 2 aromatic rings. The van der Waals surface area contributed by atoms with Gasteiger partial charge in [-0.3, -0.25) is 4.79 Å². The highest BCUT2D eigenvalue weighted by Gasteiger charge is 2.20. The molecule has 0 bridgehead atoms. The quantitative estimate of drug-likeness (QED) is 0.546. The molecule has 23 heavy (non-hydrogen) atoms. The minimum atomic E-state index is -0.826. The number of hydrogen-bond donors (Lipinski definition) is 0. The molecule has 0 aromatic heterocycles. The van der Waals surface area contributed by atoms with E-state index < -0.39 is 12.1 Å². The lowest BCUT2D eigenvalue weighted by Crippen LogP contribution is -2.24. The number of ether oxygens (including phenoxy) is 1. The molecule has 1 atom stereocenters. The molecular formula is C19H19BrO3. The van der Waals surface area contributed by atoms with E-state index in [2.05, 4.69) is 29.8 Å². The van der Waals surface area contributed by atoms with E-state index >= 15 is 0 Å². The van der Waals surface area contributed by atoms with Crippen LogP contribution in [0.15, 0.2) is 53.0 Å². The van der Waals surface area contributed by atoms with Gasteiger partial charge in [0, 0.05) is 10.0 Å². The Balaban J connectivity index is 2.04. The summed E-state index contributed by atoms with van der Waals surface area (Å²) >= 11 is 3.32. The molecule has 0 spiro atoms. The van der Waals surface area contributed by atoms with E-state index in [4.69, 9.17) is 4.74 Å². The van der Waals surface area contributed by atoms with Gasteiger partial charge < -0.3 is 4.74 Å². The largest absolute Gasteiger partial charge is 0.451 e. The number of rotatable bonds is 5. The van der Waals surface area contributed by atoms with Gasteiger partial charge in [-0.2, -0.15) is 0 Å². The van der Waals surface area contributed by atoms with Crippen molar-refractivity contribution in [2.45, 2.75) is 32.8 Å². The van der Waals surface area contributed by atoms with Crippen LogP contribution in [0.5, 0.6) is 0 Å². The van der Waals surface area contributed by atoms with Gasteiger partial charge in [0.1, 0.15) is 0 Å². The number of Topliss-reactive ketones (excluding diaryl/α,β-unsaturated/α-hetero) is 1. The summed E-state index contributed by atoms with van der Waals surface area (Å²) in [4.78, 5) is 24.4. The second kappa shape index (κ2) is 7.55. The molecule has 4 heteroatoms. The van der Waals surface area contributed by atoms with Crippen LogP contribution in [0.4, 0.5) is 0 Å². The van der Waals surface area contributed by atoms with Crippen LogP contribution in [0, 0.1) is 0 Å². The Hall–Kier alpha value is -1.94. The van der Waals surface area contributed by atoms with Crippen molar-refractivity contribution in [3.8, 4) is 0 Å². The van der Waals surface area contributed by atoms with E-state index in [0.717, 1.165) is 10.0 Å². The number of carbonyl (C=O) groups excluding carboxylic acids is 2. The maximum Gasteiger partial charge on any atom is 0.338 e. The van der Waals surface area contributed by atoms with Gasteiger partial charge in [-0.1, -0.05) is 54.0 Å². The summed E-state index contributed by atoms with van der Waals surface area (Å²) < 4.78 is 6.18. The summed E-state index contributed by atoms with van der Waals surface area (Å²) in [7, 11) is 0. The number of ketones is 1. The highest BCUT2D eigenvalue weighted by molar-refractivity contribution is 9.10. The van der Waals surface area contributed by atoms with Gasteiger partial charge in [-0.05, 0) is 42.7 Å². The Kier molecular flexibility index (Phi) is 5.72. The van der Waals surface area contributed by atoms with Crippen molar-refractivity contribution in [1.82, 2.24) is 0 Å². The van der Waals surface area contributed by atoms with Crippen molar-refractivity contribution in [2.75, 3.05) is 0 Å². The van der Waals surface area contributed by atoms with Crippen molar-refractivity contribution < 1.29 is 14.3 Å². The topological polar surface area (TPSA) is 43.4 Å². The molecule has 0 heterocycles. The average molecular weight is 375 g/mol. The van der Waals surface area contributed by atoms with Crippen LogP contribution in [-0.4, -0.2) is 17.9 Å². The maximum absolute atomic E-state index is 12.3. The fourth-order valence-electron chi connectivity index (χ4n) is 2.14. The number of halogens is 1. The number of carbonyl (C=O) groups is 2. The Morgan fingerprint density at radius 1 is 0.870 bits per heavy atom. The smallest absolute Gasteiger partial charge is 0.338 e. The minimum Gasteiger partial charge on any atom is -0.451 e. The maximum atomic E-state index is 12.3. The van der Waals surface area contributed by atoms with E-state index in [-0.39, 0.29) is 5.78 Å². The third-order valence-electron chi connectivity index (χ3n) is 3.59. The lowest BCUT2D eigenvalue weighted by Gasteiger charge is -2.13. The Morgan fingerprint density at radius 2 is 1.39 bits per heavy atom. The van der Waals surface area contributed by atoms with Gasteiger partial charge >= 0.3 is 5.97 Å². The number of esters is 1. The predicted molar refractivity (Wildman–Crippen MR) is 93.9 cm³/mol. The summed E-state index contributed by atoms with van der Waals surface area (Å²) in [5.41, 5.74) is 2.12. The van der Waals surface area contributed by atoms with E-state index in [1.165, 1.54) is 0 Å². The molecule has 3 nitrogen and oxygen atoms in total. The molecule has 0 aliphatic rings. The highest BCUT2D eigenvalue weighted by atomic mass is 79.9. The molecule has 0 fully saturated rings. The minimum absolute atomic E-state index is 0.218. The number of hydrogen-bond acceptors (Lipinski definition) is 3. The summed E-state index contributed by atoms with van der Waals surface area (Å²) in [5.74, 6) is -0.305. The Labute approximate surface area is 144 Å². The fourth-order valence-corrected chi connectivity index (χ4v) is 2.40. The first-order valence-corrected chi connectivity index (χ1v) is 8.28. The van der Waals surface area contributed by atoms with Crippen molar-refractivity contribution in [1.29, 1.82) is 0 Å². The molecule has 0 N–H and O–H groups in total. The van der Waals surface area contributed by atoms with E-state index in [0.29, 0.717) is 17.0 Å². The second-order valence-corrected chi connectivity index (χ2v) is 6.61. The summed E-state index contributed by atoms with van der Waals surface area (Å²) in [5, 5.41) is 0. The predicted octanol–water partition coefficient (Wildman–Crippen LogP) is 5.00. The van der Waals surface area contributed by atoms with Gasteiger partial charge in [0.25, 0.3) is 0 Å². The zero-order valence-electron chi connectivity index (χ0n) is 13.4. The highest BCUT2D eigenvalue weighted by Crippen LogP contribution is 2.17. The molecule has 120 valence electrons. The molecular weight excluding hydrogens is 356 g/mol. The summed E-state index contributed by atoms with van der Waals surface area (Å²) in [6.07, 6.45) is -0.826. The molecule has 0 aliphatic heterocycles. The Bertz CT molecular complexity index is 688. The molecule has 0 unspecified atom stereocenters. The van der Waals surface area contributed by atoms with E-state index in [9.17, 15) is 9.59 Å². The first kappa shape index (κ1) is 17.4. The standard InChI is InChI=1S/C19H19BrO3/c1-12(2)14-4-6-16(7-5-14)19(22)23-13(3)18(21)15-8-10-17(20)11-9-15/h4-13H,1-3H3/t13-/m0/s1. The summed E-state index contributed by atoms with van der Waals surface area (Å²) in [6.45, 7) is 5.77. The van der Waals surface area contributed by atoms with Crippen LogP contribution < -0.4 is 0 Å². The monoisotopic (exact) mass is 374 g/mol. The van der Waals surface area contributed by atoms with Gasteiger partial charge in [0.15, 0.2) is 6.10 Å². The first-order valence-electron chi connectivity index (χ1n) is 7.49. The van der Waals surface area contributed by atoms with E-state index in [1.54, 1.807) is 43.3 Å². The van der Waals surface area contributed by atoms with Crippen LogP contribution in [0.1, 0.15) is 53.0 Å². The van der Waals surface area contributed by atoms with Crippen LogP contribution >= 0.6 is 15.9 Å². The normalized spacial score (nSPS) is 12.0. The third kappa shape index (κ3) is 4.52. The van der Waals surface area contributed by atoms with Crippen molar-refractivity contribution in [2.24, 2.45) is 0 Å². The molecule has 2 rings (SSSR count). The molecule has 0 saturated carbocycles. The zero-order chi connectivity index (χ0) is 17.0. The number of benzene rings is 2. The van der Waals surface area contributed by atoms with Gasteiger partial charge in [-0.25, -0.2) is 4.79 Å². The van der Waals surface area contributed by atoms with Gasteiger partial charge in [0.05, 0.1) is 5.56 Å². The van der Waals surface area contributed by atoms with Gasteiger partial charge in [-0.15, -0.1) is 0 Å². The second-order valence-electron chi connectivity index (χ2n) is 5.70. The first-order chi connectivity index (χ1) is 10.9. The fraction of sp³-hybridized carbons (Fsp3) is 0.263. The lowest BCUT2D eigenvalue weighted by molar-refractivity contribution is 0.0319. The van der Waals surface area contributed by atoms with Crippen molar-refractivity contribution >= 4 is 27.7 Å². The average Bonchev–Trinajstić information content (AvgIpc) is 2.54. The van der Waals surface area contributed by atoms with Gasteiger partial charge in [0.2, 0.25) is 5.78 Å². The molecule has 0 radical (unpaired) electrons. The molecule has 0 aliphatic carbocycles. The van der Waals surface area contributed by atoms with Crippen molar-refractivity contribution in [3.05, 3.63) is 69.7 Å². The van der Waals surface area contributed by atoms with Crippen molar-refractivity contribution in [3.63, 3.8) is 0 Å². The van der Waals surface area contributed by atoms with E-state index in [1.807, 2.05) is 12.1 Å². The third-order valence-corrected chi connectivity index (χ3v) is 4.12. The molecule has 0 saturated heterocycles. The van der Waals surface area contributed by atoms with Crippen LogP contribution in [0.25, 0.3) is 0 Å². The van der Waals surface area contributed by atoms with Crippen LogP contribution in [-0.2, 0) is 4.74 Å². The SMILES string of the molecule is CC(C)c1ccc(C(=O)O[C@@H](C)C(=O)c2ccc(Br)cc2)cc1. The Morgan fingerprint density at radius 3 is 1.91 bits per heavy atom.